The van der Waals surface area contributed by atoms with E-state index in [0.29, 0.717) is 0 Å². The van der Waals surface area contributed by atoms with Crippen molar-refractivity contribution in [2.24, 2.45) is 0 Å². The predicted molar refractivity (Wildman–Crippen MR) is 78.7 cm³/mol. The van der Waals surface area contributed by atoms with Crippen LogP contribution in [0.1, 0.15) is 16.7 Å². The Morgan fingerprint density at radius 1 is 0.952 bits per heavy atom. The number of phenolic OH excluding ortho intramolecular Hbond substituents is 3. The van der Waals surface area contributed by atoms with Gasteiger partial charge < -0.3 is 20.4 Å². The highest BCUT2D eigenvalue weighted by molar-refractivity contribution is 5.70. The van der Waals surface area contributed by atoms with Crippen molar-refractivity contribution < 1.29 is 25.2 Å². The SMILES string of the molecule is Cc1cc(CC(=O)O)cc(C)c1O.Oc1cccc(O)c1. The van der Waals surface area contributed by atoms with Crippen LogP contribution in [-0.2, 0) is 11.2 Å². The average Bonchev–Trinajstić information content (AvgIpc) is 2.35. The zero-order valence-corrected chi connectivity index (χ0v) is 11.9. The highest BCUT2D eigenvalue weighted by atomic mass is 16.4. The summed E-state index contributed by atoms with van der Waals surface area (Å²) in [6.45, 7) is 3.52. The van der Waals surface area contributed by atoms with Crippen LogP contribution in [0, 0.1) is 13.8 Å². The Hall–Kier alpha value is -2.69. The third-order valence-corrected chi connectivity index (χ3v) is 2.74. The molecule has 0 spiro atoms. The van der Waals surface area contributed by atoms with Crippen molar-refractivity contribution in [2.75, 3.05) is 0 Å². The number of rotatable bonds is 2. The van der Waals surface area contributed by atoms with Gasteiger partial charge in [-0.15, -0.1) is 0 Å². The molecule has 0 saturated heterocycles. The molecule has 0 fully saturated rings. The molecule has 0 unspecified atom stereocenters. The molecule has 0 bridgehead atoms. The van der Waals surface area contributed by atoms with Gasteiger partial charge in [0.05, 0.1) is 6.42 Å². The van der Waals surface area contributed by atoms with Crippen LogP contribution >= 0.6 is 0 Å². The lowest BCUT2D eigenvalue weighted by Gasteiger charge is -2.05. The van der Waals surface area contributed by atoms with Gasteiger partial charge in [0.25, 0.3) is 0 Å². The van der Waals surface area contributed by atoms with E-state index in [2.05, 4.69) is 0 Å². The van der Waals surface area contributed by atoms with Gasteiger partial charge in [-0.1, -0.05) is 18.2 Å². The minimum Gasteiger partial charge on any atom is -0.508 e. The van der Waals surface area contributed by atoms with E-state index in [1.807, 2.05) is 0 Å². The molecule has 112 valence electrons. The summed E-state index contributed by atoms with van der Waals surface area (Å²) in [5, 5.41) is 35.3. The third-order valence-electron chi connectivity index (χ3n) is 2.74. The first-order chi connectivity index (χ1) is 9.79. The summed E-state index contributed by atoms with van der Waals surface area (Å²) in [5.41, 5.74) is 2.16. The molecule has 0 radical (unpaired) electrons. The predicted octanol–water partition coefficient (Wildman–Crippen LogP) is 2.73. The normalized spacial score (nSPS) is 9.62. The van der Waals surface area contributed by atoms with Gasteiger partial charge in [0.15, 0.2) is 0 Å². The Bertz CT molecular complexity index is 594. The fraction of sp³-hybridized carbons (Fsp3) is 0.188. The van der Waals surface area contributed by atoms with Crippen LogP contribution in [0.25, 0.3) is 0 Å². The molecule has 0 aliphatic heterocycles. The van der Waals surface area contributed by atoms with E-state index in [1.165, 1.54) is 18.2 Å². The summed E-state index contributed by atoms with van der Waals surface area (Å²) >= 11 is 0. The van der Waals surface area contributed by atoms with E-state index < -0.39 is 5.97 Å². The van der Waals surface area contributed by atoms with Crippen molar-refractivity contribution in [1.82, 2.24) is 0 Å². The third kappa shape index (κ3) is 5.44. The first-order valence-electron chi connectivity index (χ1n) is 6.28. The lowest BCUT2D eigenvalue weighted by molar-refractivity contribution is -0.136. The summed E-state index contributed by atoms with van der Waals surface area (Å²) in [6.07, 6.45) is 0.00194. The number of carboxylic acid groups (broad SMARTS) is 1. The van der Waals surface area contributed by atoms with Gasteiger partial charge in [-0.3, -0.25) is 4.79 Å². The number of aliphatic carboxylic acids is 1. The molecular weight excluding hydrogens is 272 g/mol. The zero-order valence-electron chi connectivity index (χ0n) is 11.9. The molecule has 0 atom stereocenters. The van der Waals surface area contributed by atoms with Crippen LogP contribution in [0.4, 0.5) is 0 Å². The summed E-state index contributed by atoms with van der Waals surface area (Å²) in [6, 6.07) is 9.23. The number of phenols is 3. The number of hydrogen-bond acceptors (Lipinski definition) is 4. The van der Waals surface area contributed by atoms with Crippen LogP contribution in [0.5, 0.6) is 17.2 Å². The molecule has 0 aliphatic carbocycles. The van der Waals surface area contributed by atoms with E-state index in [4.69, 9.17) is 15.3 Å². The van der Waals surface area contributed by atoms with Crippen molar-refractivity contribution in [3.05, 3.63) is 53.1 Å². The van der Waals surface area contributed by atoms with E-state index in [-0.39, 0.29) is 23.7 Å². The molecular formula is C16H18O5. The van der Waals surface area contributed by atoms with Gasteiger partial charge in [0.2, 0.25) is 0 Å². The van der Waals surface area contributed by atoms with Crippen LogP contribution in [0.3, 0.4) is 0 Å². The topological polar surface area (TPSA) is 98.0 Å². The van der Waals surface area contributed by atoms with Gasteiger partial charge in [-0.05, 0) is 42.7 Å². The quantitative estimate of drug-likeness (QED) is 0.681. The van der Waals surface area contributed by atoms with Gasteiger partial charge in [0, 0.05) is 6.07 Å². The maximum atomic E-state index is 10.4. The molecule has 5 nitrogen and oxygen atoms in total. The molecule has 2 aromatic carbocycles. The molecule has 0 amide bonds. The summed E-state index contributed by atoms with van der Waals surface area (Å²) in [7, 11) is 0. The molecule has 0 aliphatic rings. The summed E-state index contributed by atoms with van der Waals surface area (Å²) in [4.78, 5) is 10.4. The number of carbonyl (C=O) groups is 1. The van der Waals surface area contributed by atoms with E-state index in [0.717, 1.165) is 16.7 Å². The van der Waals surface area contributed by atoms with Crippen molar-refractivity contribution in [1.29, 1.82) is 0 Å². The fourth-order valence-electron chi connectivity index (χ4n) is 1.82. The largest absolute Gasteiger partial charge is 0.508 e. The first kappa shape index (κ1) is 16.4. The standard InChI is InChI=1S/C10H12O3.C6H6O2/c1-6-3-8(5-9(11)12)4-7(2)10(6)13;7-5-2-1-3-6(8)4-5/h3-4,13H,5H2,1-2H3,(H,11,12);1-4,7-8H. The fourth-order valence-corrected chi connectivity index (χ4v) is 1.82. The Kier molecular flexibility index (Phi) is 5.60. The van der Waals surface area contributed by atoms with Crippen LogP contribution in [-0.4, -0.2) is 26.4 Å². The highest BCUT2D eigenvalue weighted by Gasteiger charge is 2.05. The highest BCUT2D eigenvalue weighted by Crippen LogP contribution is 2.23. The Balaban J connectivity index is 0.000000235. The van der Waals surface area contributed by atoms with Crippen LogP contribution < -0.4 is 0 Å². The number of hydrogen-bond donors (Lipinski definition) is 4. The molecule has 2 rings (SSSR count). The minimum atomic E-state index is -0.857. The molecule has 0 aromatic heterocycles. The first-order valence-corrected chi connectivity index (χ1v) is 6.28. The molecule has 4 N–H and O–H groups in total. The lowest BCUT2D eigenvalue weighted by atomic mass is 10.0. The smallest absolute Gasteiger partial charge is 0.307 e. The van der Waals surface area contributed by atoms with Gasteiger partial charge in [-0.2, -0.15) is 0 Å². The zero-order chi connectivity index (χ0) is 16.0. The average molecular weight is 290 g/mol. The van der Waals surface area contributed by atoms with Crippen molar-refractivity contribution in [3.8, 4) is 17.2 Å². The summed E-state index contributed by atoms with van der Waals surface area (Å²) in [5.74, 6) is -0.436. The maximum Gasteiger partial charge on any atom is 0.307 e. The molecule has 5 heteroatoms. The van der Waals surface area contributed by atoms with Gasteiger partial charge >= 0.3 is 5.97 Å². The summed E-state index contributed by atoms with van der Waals surface area (Å²) < 4.78 is 0. The lowest BCUT2D eigenvalue weighted by Crippen LogP contribution is -2.00. The molecule has 21 heavy (non-hydrogen) atoms. The van der Waals surface area contributed by atoms with Gasteiger partial charge in [0.1, 0.15) is 17.2 Å². The number of aromatic hydroxyl groups is 3. The Morgan fingerprint density at radius 3 is 1.76 bits per heavy atom. The van der Waals surface area contributed by atoms with E-state index in [1.54, 1.807) is 32.0 Å². The van der Waals surface area contributed by atoms with Crippen LogP contribution in [0.15, 0.2) is 36.4 Å². The molecule has 0 heterocycles. The second-order valence-corrected chi connectivity index (χ2v) is 4.67. The van der Waals surface area contributed by atoms with E-state index >= 15 is 0 Å². The van der Waals surface area contributed by atoms with Crippen molar-refractivity contribution in [3.63, 3.8) is 0 Å². The van der Waals surface area contributed by atoms with Crippen LogP contribution in [0.2, 0.25) is 0 Å². The maximum absolute atomic E-state index is 10.4. The minimum absolute atomic E-state index is 0.00194. The second-order valence-electron chi connectivity index (χ2n) is 4.67. The van der Waals surface area contributed by atoms with Crippen molar-refractivity contribution >= 4 is 5.97 Å². The Morgan fingerprint density at radius 2 is 1.43 bits per heavy atom. The van der Waals surface area contributed by atoms with Crippen molar-refractivity contribution in [2.45, 2.75) is 20.3 Å². The van der Waals surface area contributed by atoms with Gasteiger partial charge in [-0.25, -0.2) is 0 Å². The monoisotopic (exact) mass is 290 g/mol. The molecule has 0 saturated carbocycles. The van der Waals surface area contributed by atoms with E-state index in [9.17, 15) is 9.90 Å². The number of aryl methyl sites for hydroxylation is 2. The number of benzene rings is 2. The molecule has 2 aromatic rings. The number of carboxylic acids is 1. The second kappa shape index (κ2) is 7.19. The Labute approximate surface area is 122 Å².